The largest absolute Gasteiger partial charge is 0.507 e. The average molecular weight is 1830 g/mol. The molecule has 10 aromatic rings. The lowest BCUT2D eigenvalue weighted by molar-refractivity contribution is 0.375. The molecule has 0 amide bonds. The first-order valence-corrected chi connectivity index (χ1v) is 61.8. The van der Waals surface area contributed by atoms with E-state index in [0.717, 1.165) is 79.7 Å². The zero-order valence-corrected chi connectivity index (χ0v) is 88.9. The van der Waals surface area contributed by atoms with Crippen molar-refractivity contribution < 1.29 is 39.4 Å². The summed E-state index contributed by atoms with van der Waals surface area (Å²) in [5, 5.41) is 86.6. The Hall–Kier alpha value is -6.45. The van der Waals surface area contributed by atoms with Crippen molar-refractivity contribution in [2.45, 2.75) is 257 Å². The van der Waals surface area contributed by atoms with Gasteiger partial charge in [-0.25, -0.2) is 4.39 Å². The number of rotatable bonds is 26. The molecule has 0 saturated carbocycles. The molecule has 668 valence electrons. The summed E-state index contributed by atoms with van der Waals surface area (Å²) < 4.78 is 24.4. The van der Waals surface area contributed by atoms with Crippen molar-refractivity contribution >= 4 is 149 Å². The van der Waals surface area contributed by atoms with Crippen molar-refractivity contribution in [2.75, 3.05) is 14.2 Å². The van der Waals surface area contributed by atoms with Gasteiger partial charge in [-0.15, -0.1) is 0 Å². The molecule has 0 saturated heterocycles. The molecule has 0 bridgehead atoms. The van der Waals surface area contributed by atoms with Gasteiger partial charge < -0.3 is 61.6 Å². The summed E-state index contributed by atoms with van der Waals surface area (Å²) >= 11 is 0. The molecule has 10 rings (SSSR count). The second-order valence-electron chi connectivity index (χ2n) is 41.1. The summed E-state index contributed by atoms with van der Waals surface area (Å²) in [6.45, 7) is 68.4. The van der Waals surface area contributed by atoms with Gasteiger partial charge in [-0.2, -0.15) is 0 Å². The Kier molecular flexibility index (Phi) is 39.0. The summed E-state index contributed by atoms with van der Waals surface area (Å²) in [5.74, 6) is 3.00. The highest BCUT2D eigenvalue weighted by Gasteiger charge is 2.29. The van der Waals surface area contributed by atoms with E-state index < -0.39 is 32.3 Å². The highest BCUT2D eigenvalue weighted by molar-refractivity contribution is 7.57. The highest BCUT2D eigenvalue weighted by atomic mass is 31.1. The van der Waals surface area contributed by atoms with Crippen molar-refractivity contribution in [2.24, 2.45) is 0 Å². The number of nitrogens with one attached hydrogen (secondary N) is 5. The molecule has 0 aliphatic heterocycles. The van der Waals surface area contributed by atoms with Gasteiger partial charge in [0, 0.05) is 86.9 Å². The maximum atomic E-state index is 14.0. The minimum Gasteiger partial charge on any atom is -0.507 e. The van der Waals surface area contributed by atoms with E-state index in [2.05, 4.69) is 338 Å². The van der Waals surface area contributed by atoms with Crippen LogP contribution in [-0.4, -0.2) is 99.7 Å². The smallest absolute Gasteiger partial charge is 0.165 e. The predicted octanol–water partition coefficient (Wildman–Crippen LogP) is 17.5. The zero-order valence-electron chi connectivity index (χ0n) is 79.9. The normalized spacial score (nSPS) is 12.7. The van der Waals surface area contributed by atoms with Crippen LogP contribution < -0.4 is 110 Å². The van der Waals surface area contributed by atoms with Gasteiger partial charge >= 0.3 is 0 Å². The molecule has 0 fully saturated rings. The SMILES string of the molecule is CC(C)(C)NCc1cc(F)ccc1Pc1cc([Si](C)(C)C)cc([Si](C)(C)C)c1O.COc1ccc(O)c(Pc2ccccc2CNC(C)(C)C)c1.COc1cccc(Pc2ccccc2CNC(C)(C)C)c1O.Cc1ccc(Pc2cc([Si](C)(C)C)ccc2O)c(CNC(C)(C)C)c1.Cc1cccc(CNC(C)(C)C)c1Pc1cccc([Si](C)(C)C)c1O. The third-order valence-corrected chi connectivity index (χ3v) is 35.4. The zero-order chi connectivity index (χ0) is 92.2. The lowest BCUT2D eigenvalue weighted by atomic mass is 10.1. The molecule has 10 N–H and O–H groups in total. The molecule has 5 atom stereocenters. The summed E-state index contributed by atoms with van der Waals surface area (Å²) in [6.07, 6.45) is 0. The highest BCUT2D eigenvalue weighted by Crippen LogP contribution is 2.32. The van der Waals surface area contributed by atoms with E-state index in [4.69, 9.17) is 9.47 Å². The second-order valence-corrected chi connectivity index (χ2v) is 68.0. The third kappa shape index (κ3) is 36.0. The number of phenols is 5. The lowest BCUT2D eigenvalue weighted by Gasteiger charge is -2.26. The van der Waals surface area contributed by atoms with Crippen molar-refractivity contribution in [1.29, 1.82) is 0 Å². The van der Waals surface area contributed by atoms with Gasteiger partial charge in [-0.3, -0.25) is 0 Å². The van der Waals surface area contributed by atoms with E-state index >= 15 is 0 Å². The fraction of sp³-hybridized carbons (Fsp3) is 0.406. The first kappa shape index (κ1) is 105. The van der Waals surface area contributed by atoms with Crippen molar-refractivity contribution in [3.8, 4) is 40.2 Å². The Bertz CT molecular complexity index is 5030. The van der Waals surface area contributed by atoms with E-state index in [1.807, 2.05) is 42.5 Å². The fourth-order valence-electron chi connectivity index (χ4n) is 12.6. The molecular weight excluding hydrogens is 1680 g/mol. The van der Waals surface area contributed by atoms with Gasteiger partial charge in [0.15, 0.2) is 11.5 Å². The van der Waals surface area contributed by atoms with Crippen LogP contribution in [0.4, 0.5) is 4.39 Å². The van der Waals surface area contributed by atoms with Crippen LogP contribution in [-0.2, 0) is 32.7 Å². The predicted molar refractivity (Wildman–Crippen MR) is 558 cm³/mol. The number of halogens is 1. The molecule has 22 heteroatoms. The fourth-order valence-corrected chi connectivity index (χ4v) is 24.7. The average Bonchev–Trinajstić information content (AvgIpc) is 0.791. The Morgan fingerprint density at radius 3 is 1.17 bits per heavy atom. The molecule has 0 aliphatic rings. The van der Waals surface area contributed by atoms with Gasteiger partial charge in [-0.05, 0) is 230 Å². The maximum absolute atomic E-state index is 14.0. The topological polar surface area (TPSA) is 180 Å². The van der Waals surface area contributed by atoms with Crippen molar-refractivity contribution in [3.63, 3.8) is 0 Å². The number of methoxy groups -OCH3 is 2. The van der Waals surface area contributed by atoms with Gasteiger partial charge in [0.25, 0.3) is 0 Å². The van der Waals surface area contributed by atoms with Gasteiger partial charge in [0.2, 0.25) is 0 Å². The van der Waals surface area contributed by atoms with E-state index in [1.165, 1.54) is 71.0 Å². The van der Waals surface area contributed by atoms with E-state index in [-0.39, 0.29) is 39.3 Å². The maximum Gasteiger partial charge on any atom is 0.165 e. The molecule has 0 spiro atoms. The molecule has 0 heterocycles. The van der Waals surface area contributed by atoms with Crippen LogP contribution in [0.1, 0.15) is 143 Å². The molecular formula is C101H149FN5O7P5Si4. The Morgan fingerprint density at radius 2 is 0.691 bits per heavy atom. The lowest BCUT2D eigenvalue weighted by Crippen LogP contribution is -2.47. The Labute approximate surface area is 753 Å². The van der Waals surface area contributed by atoms with Crippen molar-refractivity contribution in [1.82, 2.24) is 26.6 Å². The number of hydrogen-bond donors (Lipinski definition) is 10. The number of aromatic hydroxyl groups is 5. The quantitative estimate of drug-likeness (QED) is 0.0183. The number of phenolic OH excluding ortho intramolecular Hbond substituents is 5. The molecule has 10 aromatic carbocycles. The molecule has 123 heavy (non-hydrogen) atoms. The van der Waals surface area contributed by atoms with Crippen LogP contribution in [0.5, 0.6) is 40.2 Å². The molecule has 0 aromatic heterocycles. The van der Waals surface area contributed by atoms with Crippen LogP contribution in [0.15, 0.2) is 188 Å². The number of ether oxygens (including phenoxy) is 2. The summed E-state index contributed by atoms with van der Waals surface area (Å²) in [5.41, 5.74) is 9.00. The van der Waals surface area contributed by atoms with Gasteiger partial charge in [-0.1, -0.05) is 283 Å². The van der Waals surface area contributed by atoms with E-state index in [9.17, 15) is 29.9 Å². The van der Waals surface area contributed by atoms with Gasteiger partial charge in [0.1, 0.15) is 34.6 Å². The van der Waals surface area contributed by atoms with Crippen LogP contribution >= 0.6 is 42.9 Å². The van der Waals surface area contributed by atoms with Crippen LogP contribution in [0.2, 0.25) is 78.6 Å². The molecule has 12 nitrogen and oxygen atoms in total. The van der Waals surface area contributed by atoms with Crippen LogP contribution in [0.25, 0.3) is 0 Å². The summed E-state index contributed by atoms with van der Waals surface area (Å²) in [6, 6.07) is 62.8. The van der Waals surface area contributed by atoms with Crippen LogP contribution in [0, 0.1) is 19.7 Å². The number of para-hydroxylation sites is 2. The first-order chi connectivity index (χ1) is 56.8. The Morgan fingerprint density at radius 1 is 0.309 bits per heavy atom. The third-order valence-electron chi connectivity index (χ3n) is 20.0. The molecule has 0 radical (unpaired) electrons. The van der Waals surface area contributed by atoms with Crippen molar-refractivity contribution in [3.05, 3.63) is 233 Å². The van der Waals surface area contributed by atoms with Gasteiger partial charge in [0.05, 0.1) is 46.5 Å². The monoisotopic (exact) mass is 1830 g/mol. The van der Waals surface area contributed by atoms with E-state index in [1.54, 1.807) is 38.5 Å². The second kappa shape index (κ2) is 45.5. The van der Waals surface area contributed by atoms with E-state index in [0.29, 0.717) is 78.2 Å². The summed E-state index contributed by atoms with van der Waals surface area (Å²) in [4.78, 5) is 0. The first-order valence-electron chi connectivity index (χ1n) is 42.8. The minimum atomic E-state index is -1.69. The number of benzene rings is 10. The molecule has 5 unspecified atom stereocenters. The number of aryl methyl sites for hydroxylation is 2. The standard InChI is InChI=1S/C23H37FNOPSi2.2C21H32NOPSi.2C18H24NO2P/c1-23(2,3)25-15-16-12-17(24)10-11-19(16)27-20-13-18(28(4,5)6)14-21(22(20)26)29(7,8)9;1-15-8-11-19(16(12-15)14-22-21(2,3)4)24-20-13-17(25(5,6)7)9-10-18(20)23;1-15-10-8-11-16(14-22-21(2,3)4)20(15)24-17-12-9-13-18(19(17)23)25(5,6)7;1-18(2,3)19-12-13-8-5-6-10-15(13)22-16-11-7-9-14(21-4)17(16)20;1-18(2,3)19-12-13-7-5-6-8-16(13)22-17-11-14(21-4)9-10-15(17)20/h10-14,25-27H,15H2,1-9H3;2*8-13,22-24H,14H2,1-7H3;2*5-11,19-20,22H,12H2,1-4H3. The molecule has 0 aliphatic carbocycles. The number of hydrogen-bond acceptors (Lipinski definition) is 12. The van der Waals surface area contributed by atoms with Crippen LogP contribution in [0.3, 0.4) is 0 Å². The minimum absolute atomic E-state index is 0.0441. The summed E-state index contributed by atoms with van der Waals surface area (Å²) in [7, 11) is -0.913. The Balaban J connectivity index is 0.000000239.